The van der Waals surface area contributed by atoms with E-state index < -0.39 is 11.6 Å². The van der Waals surface area contributed by atoms with E-state index in [1.807, 2.05) is 24.8 Å². The summed E-state index contributed by atoms with van der Waals surface area (Å²) < 4.78 is 41.4. The van der Waals surface area contributed by atoms with Crippen molar-refractivity contribution >= 4 is 16.8 Å². The van der Waals surface area contributed by atoms with Gasteiger partial charge in [-0.2, -0.15) is 0 Å². The molecule has 1 fully saturated rings. The average Bonchev–Trinajstić information content (AvgIpc) is 3.31. The normalized spacial score (nSPS) is 16.3. The molecule has 6 rings (SSSR count). The van der Waals surface area contributed by atoms with Gasteiger partial charge in [0.15, 0.2) is 23.0 Å². The Morgan fingerprint density at radius 1 is 1.08 bits per heavy atom. The van der Waals surface area contributed by atoms with E-state index in [0.29, 0.717) is 42.0 Å². The smallest absolute Gasteiger partial charge is 0.203 e. The van der Waals surface area contributed by atoms with E-state index in [0.717, 1.165) is 43.2 Å². The zero-order valence-electron chi connectivity index (χ0n) is 20.9. The van der Waals surface area contributed by atoms with Crippen molar-refractivity contribution in [2.75, 3.05) is 31.1 Å². The second-order valence-electron chi connectivity index (χ2n) is 9.96. The molecule has 1 N–H and O–H groups in total. The van der Waals surface area contributed by atoms with Gasteiger partial charge < -0.3 is 19.4 Å². The van der Waals surface area contributed by atoms with Crippen LogP contribution in [0.1, 0.15) is 49.9 Å². The molecular weight excluding hydrogens is 476 g/mol. The number of hydrogen-bond donors (Lipinski definition) is 1. The van der Waals surface area contributed by atoms with Gasteiger partial charge in [-0.25, -0.2) is 23.7 Å². The maximum absolute atomic E-state index is 15.0. The summed E-state index contributed by atoms with van der Waals surface area (Å²) in [4.78, 5) is 15.2. The first-order chi connectivity index (χ1) is 18.0. The van der Waals surface area contributed by atoms with Crippen molar-refractivity contribution in [3.8, 4) is 17.0 Å². The highest BCUT2D eigenvalue weighted by molar-refractivity contribution is 5.74. The molecule has 0 unspecified atom stereocenters. The van der Waals surface area contributed by atoms with E-state index in [-0.39, 0.29) is 23.9 Å². The Morgan fingerprint density at radius 2 is 1.92 bits per heavy atom. The lowest BCUT2D eigenvalue weighted by Crippen LogP contribution is -2.38. The molecule has 2 aliphatic rings. The summed E-state index contributed by atoms with van der Waals surface area (Å²) in [6.07, 6.45) is 3.51. The van der Waals surface area contributed by atoms with Gasteiger partial charge in [0.1, 0.15) is 23.6 Å². The Labute approximate surface area is 213 Å². The number of fused-ring (bicyclic) bond motifs is 2. The molecule has 0 aliphatic carbocycles. The Balaban J connectivity index is 1.30. The van der Waals surface area contributed by atoms with Crippen LogP contribution in [0.2, 0.25) is 0 Å². The lowest BCUT2D eigenvalue weighted by Gasteiger charge is -2.34. The molecule has 0 saturated carbocycles. The molecule has 2 aliphatic heterocycles. The summed E-state index contributed by atoms with van der Waals surface area (Å²) in [7, 11) is 0. The second-order valence-corrected chi connectivity index (χ2v) is 9.96. The minimum absolute atomic E-state index is 0.0327. The molecule has 1 saturated heterocycles. The van der Waals surface area contributed by atoms with Crippen molar-refractivity contribution in [1.29, 1.82) is 0 Å². The quantitative estimate of drug-likeness (QED) is 0.398. The summed E-state index contributed by atoms with van der Waals surface area (Å²) in [6, 6.07) is 9.30. The monoisotopic (exact) mass is 505 g/mol. The molecular formula is C28H29F2N5O2. The van der Waals surface area contributed by atoms with E-state index in [9.17, 15) is 8.78 Å². The summed E-state index contributed by atoms with van der Waals surface area (Å²) >= 11 is 0. The van der Waals surface area contributed by atoms with Crippen LogP contribution < -0.4 is 15.0 Å². The van der Waals surface area contributed by atoms with Crippen LogP contribution in [0.4, 0.5) is 14.5 Å². The van der Waals surface area contributed by atoms with Crippen molar-refractivity contribution in [2.24, 2.45) is 0 Å². The van der Waals surface area contributed by atoms with Crippen LogP contribution in [0.3, 0.4) is 0 Å². The Hall–Kier alpha value is -3.59. The van der Waals surface area contributed by atoms with Gasteiger partial charge in [-0.3, -0.25) is 0 Å². The van der Waals surface area contributed by atoms with Crippen LogP contribution in [-0.4, -0.2) is 47.2 Å². The van der Waals surface area contributed by atoms with Gasteiger partial charge in [-0.15, -0.1) is 0 Å². The molecule has 0 amide bonds. The molecule has 9 heteroatoms. The number of benzene rings is 2. The first-order valence-electron chi connectivity index (χ1n) is 12.8. The molecule has 4 heterocycles. The first-order valence-corrected chi connectivity index (χ1v) is 12.8. The van der Waals surface area contributed by atoms with Crippen molar-refractivity contribution in [1.82, 2.24) is 20.3 Å². The fourth-order valence-electron chi connectivity index (χ4n) is 5.28. The molecule has 4 aromatic rings. The van der Waals surface area contributed by atoms with Crippen LogP contribution in [0.25, 0.3) is 22.4 Å². The van der Waals surface area contributed by atoms with E-state index in [2.05, 4.69) is 32.4 Å². The summed E-state index contributed by atoms with van der Waals surface area (Å²) in [5.41, 5.74) is 3.70. The van der Waals surface area contributed by atoms with Crippen molar-refractivity contribution < 1.29 is 17.9 Å². The van der Waals surface area contributed by atoms with Crippen LogP contribution >= 0.6 is 0 Å². The van der Waals surface area contributed by atoms with E-state index in [4.69, 9.17) is 9.15 Å². The fourth-order valence-corrected chi connectivity index (χ4v) is 5.28. The second kappa shape index (κ2) is 9.70. The highest BCUT2D eigenvalue weighted by Gasteiger charge is 2.26. The molecule has 0 atom stereocenters. The third kappa shape index (κ3) is 4.64. The number of halogens is 2. The van der Waals surface area contributed by atoms with Crippen molar-refractivity contribution in [2.45, 2.75) is 45.1 Å². The van der Waals surface area contributed by atoms with Crippen LogP contribution in [-0.2, 0) is 6.42 Å². The maximum Gasteiger partial charge on any atom is 0.203 e. The maximum atomic E-state index is 15.0. The van der Waals surface area contributed by atoms with Crippen molar-refractivity contribution in [3.05, 3.63) is 65.4 Å². The Bertz CT molecular complexity index is 1450. The molecule has 37 heavy (non-hydrogen) atoms. The number of nitrogens with zero attached hydrogens (tertiary/aromatic N) is 4. The first kappa shape index (κ1) is 23.8. The van der Waals surface area contributed by atoms with Gasteiger partial charge >= 0.3 is 0 Å². The number of aromatic nitrogens is 3. The number of oxazole rings is 1. The zero-order valence-corrected chi connectivity index (χ0v) is 20.9. The lowest BCUT2D eigenvalue weighted by molar-refractivity contribution is 0.287. The van der Waals surface area contributed by atoms with E-state index >= 15 is 0 Å². The molecule has 0 spiro atoms. The van der Waals surface area contributed by atoms with Gasteiger partial charge in [0.25, 0.3) is 0 Å². The number of ether oxygens (including phenoxy) is 1. The van der Waals surface area contributed by atoms with Gasteiger partial charge in [0.05, 0.1) is 24.8 Å². The molecule has 2 aromatic carbocycles. The van der Waals surface area contributed by atoms with Crippen LogP contribution in [0.5, 0.6) is 5.75 Å². The molecule has 7 nitrogen and oxygen atoms in total. The van der Waals surface area contributed by atoms with Crippen LogP contribution in [0.15, 0.2) is 40.9 Å². The Morgan fingerprint density at radius 3 is 2.73 bits per heavy atom. The molecule has 0 radical (unpaired) electrons. The fraction of sp³-hybridized carbons (Fsp3) is 0.393. The van der Waals surface area contributed by atoms with Gasteiger partial charge in [0.2, 0.25) is 5.89 Å². The minimum atomic E-state index is -0.625. The summed E-state index contributed by atoms with van der Waals surface area (Å²) in [6.45, 7) is 7.12. The summed E-state index contributed by atoms with van der Waals surface area (Å²) in [5, 5.41) is 3.39. The lowest BCUT2D eigenvalue weighted by atomic mass is 9.90. The van der Waals surface area contributed by atoms with E-state index in [1.54, 1.807) is 6.07 Å². The number of rotatable bonds is 5. The number of piperidine rings is 1. The predicted octanol–water partition coefficient (Wildman–Crippen LogP) is 5.23. The number of anilines is 1. The van der Waals surface area contributed by atoms with Gasteiger partial charge in [0, 0.05) is 11.6 Å². The molecule has 0 bridgehead atoms. The van der Waals surface area contributed by atoms with Crippen LogP contribution in [0, 0.1) is 11.6 Å². The molecule has 2 aromatic heterocycles. The SMILES string of the molecule is CC(C)N1CCOc2c(F)cc(-c3nc(Cc4nc5ccc(C6CCNCC6)cc5o4)ncc3F)cc21. The third-order valence-electron chi connectivity index (χ3n) is 7.18. The standard InChI is InChI=1S/C28H29F2N5O2/c1-16(2)35-9-10-36-28-20(29)11-19(12-23(28)35)27-21(30)15-32-25(34-27)14-26-33-22-4-3-18(13-24(22)37-26)17-5-7-31-8-6-17/h3-4,11-13,15-17,31H,5-10,14H2,1-2H3. The number of hydrogen-bond acceptors (Lipinski definition) is 7. The van der Waals surface area contributed by atoms with Crippen molar-refractivity contribution in [3.63, 3.8) is 0 Å². The number of nitrogens with one attached hydrogen (secondary N) is 1. The third-order valence-corrected chi connectivity index (χ3v) is 7.18. The van der Waals surface area contributed by atoms with Gasteiger partial charge in [-0.05, 0) is 75.5 Å². The Kier molecular flexibility index (Phi) is 6.24. The average molecular weight is 506 g/mol. The summed E-state index contributed by atoms with van der Waals surface area (Å²) in [5.74, 6) is 0.327. The largest absolute Gasteiger partial charge is 0.486 e. The minimum Gasteiger partial charge on any atom is -0.486 e. The topological polar surface area (TPSA) is 76.3 Å². The van der Waals surface area contributed by atoms with E-state index in [1.165, 1.54) is 11.6 Å². The van der Waals surface area contributed by atoms with Gasteiger partial charge in [-0.1, -0.05) is 6.07 Å². The highest BCUT2D eigenvalue weighted by Crippen LogP contribution is 2.39. The highest BCUT2D eigenvalue weighted by atomic mass is 19.1. The predicted molar refractivity (Wildman–Crippen MR) is 137 cm³/mol. The molecule has 192 valence electrons. The zero-order chi connectivity index (χ0) is 25.5.